The molecular formula is C26H21N3O5. The summed E-state index contributed by atoms with van der Waals surface area (Å²) in [5, 5.41) is 12.9. The zero-order valence-corrected chi connectivity index (χ0v) is 18.0. The van der Waals surface area contributed by atoms with Crippen LogP contribution in [0, 0.1) is 0 Å². The normalized spacial score (nSPS) is 12.0. The smallest absolute Gasteiger partial charge is 0.408 e. The van der Waals surface area contributed by atoms with Crippen LogP contribution in [0.4, 0.5) is 4.79 Å². The first kappa shape index (κ1) is 21.3. The molecule has 8 heteroatoms. The molecule has 0 spiro atoms. The van der Waals surface area contributed by atoms with E-state index in [-0.39, 0.29) is 13.0 Å². The van der Waals surface area contributed by atoms with Gasteiger partial charge in [-0.3, -0.25) is 0 Å². The minimum Gasteiger partial charge on any atom is -0.480 e. The van der Waals surface area contributed by atoms with Gasteiger partial charge in [0, 0.05) is 29.1 Å². The number of nitrogens with one attached hydrogen (secondary N) is 2. The van der Waals surface area contributed by atoms with E-state index >= 15 is 0 Å². The third-order valence-corrected chi connectivity index (χ3v) is 5.52. The second kappa shape index (κ2) is 9.11. The maximum Gasteiger partial charge on any atom is 0.408 e. The monoisotopic (exact) mass is 455 g/mol. The first-order valence-corrected chi connectivity index (χ1v) is 10.7. The van der Waals surface area contributed by atoms with Gasteiger partial charge in [0.1, 0.15) is 18.2 Å². The van der Waals surface area contributed by atoms with E-state index in [1.165, 1.54) is 0 Å². The van der Waals surface area contributed by atoms with Gasteiger partial charge in [-0.25, -0.2) is 14.6 Å². The summed E-state index contributed by atoms with van der Waals surface area (Å²) in [6.07, 6.45) is 1.22. The lowest BCUT2D eigenvalue weighted by Gasteiger charge is -2.14. The first-order valence-electron chi connectivity index (χ1n) is 10.7. The van der Waals surface area contributed by atoms with Gasteiger partial charge in [0.15, 0.2) is 5.58 Å². The highest BCUT2D eigenvalue weighted by Gasteiger charge is 2.21. The summed E-state index contributed by atoms with van der Waals surface area (Å²) >= 11 is 0. The number of aromatic nitrogens is 2. The van der Waals surface area contributed by atoms with Gasteiger partial charge in [-0.2, -0.15) is 0 Å². The number of benzene rings is 3. The lowest BCUT2D eigenvalue weighted by atomic mass is 10.1. The summed E-state index contributed by atoms with van der Waals surface area (Å²) in [7, 11) is 0. The Kier molecular flexibility index (Phi) is 5.70. The zero-order chi connectivity index (χ0) is 23.5. The Hall–Kier alpha value is -4.59. The summed E-state index contributed by atoms with van der Waals surface area (Å²) in [4.78, 5) is 31.6. The number of carboxylic acid groups (broad SMARTS) is 1. The van der Waals surface area contributed by atoms with Crippen molar-refractivity contribution in [3.8, 4) is 11.5 Å². The maximum absolute atomic E-state index is 12.2. The van der Waals surface area contributed by atoms with Crippen molar-refractivity contribution in [1.82, 2.24) is 15.3 Å². The van der Waals surface area contributed by atoms with Crippen molar-refractivity contribution in [3.63, 3.8) is 0 Å². The standard InChI is InChI=1S/C26H21N3O5/c30-25(31)22(13-16-5-2-1-3-6-16)29-26(32)33-15-17-9-10-23-21(14-17)28-24(34-23)19-7-4-8-20-18(19)11-12-27-20/h1-12,14,22,27H,13,15H2,(H,29,32)(H,30,31)/t22-/m1/s1. The van der Waals surface area contributed by atoms with Gasteiger partial charge < -0.3 is 24.6 Å². The van der Waals surface area contributed by atoms with Crippen LogP contribution in [-0.4, -0.2) is 33.2 Å². The number of oxazole rings is 1. The number of carbonyl (C=O) groups is 2. The van der Waals surface area contributed by atoms with Crippen molar-refractivity contribution < 1.29 is 23.8 Å². The number of alkyl carbamates (subject to hydrolysis) is 1. The molecule has 8 nitrogen and oxygen atoms in total. The highest BCUT2D eigenvalue weighted by atomic mass is 16.5. The van der Waals surface area contributed by atoms with Crippen molar-refractivity contribution in [2.45, 2.75) is 19.1 Å². The molecule has 1 amide bonds. The average Bonchev–Trinajstić information content (AvgIpc) is 3.49. The molecule has 0 bridgehead atoms. The van der Waals surface area contributed by atoms with E-state index in [0.717, 1.165) is 22.0 Å². The number of H-pyrrole nitrogens is 1. The summed E-state index contributed by atoms with van der Waals surface area (Å²) in [5.74, 6) is -0.629. The highest BCUT2D eigenvalue weighted by Crippen LogP contribution is 2.30. The number of fused-ring (bicyclic) bond motifs is 2. The number of amides is 1. The summed E-state index contributed by atoms with van der Waals surface area (Å²) in [5.41, 5.74) is 4.63. The van der Waals surface area contributed by atoms with Crippen LogP contribution in [0.5, 0.6) is 0 Å². The molecule has 5 aromatic rings. The molecule has 2 heterocycles. The van der Waals surface area contributed by atoms with Crippen LogP contribution in [0.3, 0.4) is 0 Å². The second-order valence-corrected chi connectivity index (χ2v) is 7.87. The molecule has 0 radical (unpaired) electrons. The van der Waals surface area contributed by atoms with Crippen LogP contribution in [0.25, 0.3) is 33.5 Å². The van der Waals surface area contributed by atoms with Gasteiger partial charge in [-0.15, -0.1) is 0 Å². The number of carboxylic acids is 1. The van der Waals surface area contributed by atoms with Crippen LogP contribution in [-0.2, 0) is 22.6 Å². The molecule has 1 atom stereocenters. The molecule has 3 aromatic carbocycles. The minimum atomic E-state index is -1.13. The summed E-state index contributed by atoms with van der Waals surface area (Å²) < 4.78 is 11.2. The quantitative estimate of drug-likeness (QED) is 0.321. The minimum absolute atomic E-state index is 0.0327. The largest absolute Gasteiger partial charge is 0.480 e. The van der Waals surface area contributed by atoms with E-state index in [1.807, 2.05) is 48.7 Å². The molecule has 2 aromatic heterocycles. The van der Waals surface area contributed by atoms with E-state index in [0.29, 0.717) is 22.6 Å². The summed E-state index contributed by atoms with van der Waals surface area (Å²) in [6, 6.07) is 21.2. The number of aliphatic carboxylic acids is 1. The molecule has 5 rings (SSSR count). The van der Waals surface area contributed by atoms with Crippen LogP contribution < -0.4 is 5.32 Å². The van der Waals surface area contributed by atoms with Crippen LogP contribution in [0.15, 0.2) is 83.4 Å². The van der Waals surface area contributed by atoms with Crippen LogP contribution in [0.2, 0.25) is 0 Å². The van der Waals surface area contributed by atoms with E-state index in [9.17, 15) is 14.7 Å². The Morgan fingerprint density at radius 1 is 1.03 bits per heavy atom. The zero-order valence-electron chi connectivity index (χ0n) is 18.0. The van der Waals surface area contributed by atoms with Gasteiger partial charge >= 0.3 is 12.1 Å². The Bertz CT molecular complexity index is 1470. The molecule has 0 saturated carbocycles. The number of rotatable bonds is 7. The van der Waals surface area contributed by atoms with Crippen molar-refractivity contribution >= 4 is 34.1 Å². The Morgan fingerprint density at radius 3 is 2.71 bits per heavy atom. The topological polar surface area (TPSA) is 117 Å². The van der Waals surface area contributed by atoms with Gasteiger partial charge in [0.05, 0.1) is 0 Å². The fourth-order valence-corrected chi connectivity index (χ4v) is 3.83. The first-order chi connectivity index (χ1) is 16.6. The average molecular weight is 455 g/mol. The molecule has 170 valence electrons. The number of nitrogens with zero attached hydrogens (tertiary/aromatic N) is 1. The number of hydrogen-bond donors (Lipinski definition) is 3. The molecule has 0 saturated heterocycles. The Labute approximate surface area is 194 Å². The number of aromatic amines is 1. The fourth-order valence-electron chi connectivity index (χ4n) is 3.83. The van der Waals surface area contributed by atoms with Gasteiger partial charge in [-0.05, 0) is 41.5 Å². The van der Waals surface area contributed by atoms with Gasteiger partial charge in [0.2, 0.25) is 5.89 Å². The van der Waals surface area contributed by atoms with Crippen molar-refractivity contribution in [3.05, 3.63) is 90.1 Å². The number of ether oxygens (including phenoxy) is 1. The van der Waals surface area contributed by atoms with Crippen molar-refractivity contribution in [2.75, 3.05) is 0 Å². The molecule has 0 aliphatic heterocycles. The molecule has 0 aliphatic carbocycles. The van der Waals surface area contributed by atoms with Crippen molar-refractivity contribution in [1.29, 1.82) is 0 Å². The Morgan fingerprint density at radius 2 is 1.88 bits per heavy atom. The van der Waals surface area contributed by atoms with E-state index in [4.69, 9.17) is 9.15 Å². The number of hydrogen-bond acceptors (Lipinski definition) is 5. The third-order valence-electron chi connectivity index (χ3n) is 5.52. The molecule has 0 unspecified atom stereocenters. The molecule has 0 aliphatic rings. The molecule has 0 fully saturated rings. The SMILES string of the molecule is O=C(N[C@H](Cc1ccccc1)C(=O)O)OCc1ccc2oc(-c3cccc4[nH]ccc34)nc2c1. The number of carbonyl (C=O) groups excluding carboxylic acids is 1. The van der Waals surface area contributed by atoms with E-state index < -0.39 is 18.1 Å². The second-order valence-electron chi connectivity index (χ2n) is 7.87. The predicted molar refractivity (Wildman–Crippen MR) is 126 cm³/mol. The third kappa shape index (κ3) is 4.47. The lowest BCUT2D eigenvalue weighted by Crippen LogP contribution is -2.42. The predicted octanol–water partition coefficient (Wildman–Crippen LogP) is 4.90. The van der Waals surface area contributed by atoms with E-state index in [1.54, 1.807) is 30.3 Å². The maximum atomic E-state index is 12.2. The van der Waals surface area contributed by atoms with Crippen molar-refractivity contribution in [2.24, 2.45) is 0 Å². The van der Waals surface area contributed by atoms with Gasteiger partial charge in [0.25, 0.3) is 0 Å². The summed E-state index contributed by atoms with van der Waals surface area (Å²) in [6.45, 7) is -0.0327. The molecular weight excluding hydrogens is 434 g/mol. The van der Waals surface area contributed by atoms with Gasteiger partial charge in [-0.1, -0.05) is 42.5 Å². The van der Waals surface area contributed by atoms with Crippen LogP contribution in [0.1, 0.15) is 11.1 Å². The van der Waals surface area contributed by atoms with Crippen LogP contribution >= 0.6 is 0 Å². The van der Waals surface area contributed by atoms with E-state index in [2.05, 4.69) is 15.3 Å². The molecule has 34 heavy (non-hydrogen) atoms. The fraction of sp³-hybridized carbons (Fsp3) is 0.115. The lowest BCUT2D eigenvalue weighted by molar-refractivity contribution is -0.139. The molecule has 3 N–H and O–H groups in total. The Balaban J connectivity index is 1.26. The highest BCUT2D eigenvalue weighted by molar-refractivity contribution is 5.94.